The molecule has 1 atom stereocenters. The Bertz CT molecular complexity index is 903. The molecule has 5 nitrogen and oxygen atoms in total. The van der Waals surface area contributed by atoms with Gasteiger partial charge < -0.3 is 5.32 Å². The van der Waals surface area contributed by atoms with Crippen LogP contribution in [0.15, 0.2) is 67.0 Å². The van der Waals surface area contributed by atoms with Crippen molar-refractivity contribution in [3.8, 4) is 0 Å². The van der Waals surface area contributed by atoms with Crippen molar-refractivity contribution in [1.82, 2.24) is 20.3 Å². The predicted molar refractivity (Wildman–Crippen MR) is 109 cm³/mol. The van der Waals surface area contributed by atoms with Crippen LogP contribution >= 0.6 is 11.6 Å². The highest BCUT2D eigenvalue weighted by molar-refractivity contribution is 6.30. The van der Waals surface area contributed by atoms with E-state index >= 15 is 0 Å². The van der Waals surface area contributed by atoms with Crippen molar-refractivity contribution < 1.29 is 4.79 Å². The fourth-order valence-electron chi connectivity index (χ4n) is 4.11. The first-order valence-electron chi connectivity index (χ1n) is 9.63. The number of amides is 1. The number of halogens is 1. The lowest BCUT2D eigenvalue weighted by atomic mass is 9.77. The molecule has 1 amide bonds. The lowest BCUT2D eigenvalue weighted by Gasteiger charge is -2.31. The summed E-state index contributed by atoms with van der Waals surface area (Å²) in [5, 5.41) is 12.4. The number of aromatic nitrogens is 3. The van der Waals surface area contributed by atoms with E-state index in [9.17, 15) is 4.79 Å². The molecule has 28 heavy (non-hydrogen) atoms. The topological polar surface area (TPSA) is 59.8 Å². The third kappa shape index (κ3) is 3.80. The Morgan fingerprint density at radius 3 is 2.32 bits per heavy atom. The molecular formula is C22H23ClN4O. The number of nitrogens with zero attached hydrogens (tertiary/aromatic N) is 3. The van der Waals surface area contributed by atoms with E-state index in [1.807, 2.05) is 54.6 Å². The van der Waals surface area contributed by atoms with Crippen molar-refractivity contribution in [3.05, 3.63) is 83.1 Å². The van der Waals surface area contributed by atoms with Crippen LogP contribution in [-0.2, 0) is 16.8 Å². The van der Waals surface area contributed by atoms with Gasteiger partial charge in [0.05, 0.1) is 30.4 Å². The first kappa shape index (κ1) is 18.7. The Morgan fingerprint density at radius 1 is 1.04 bits per heavy atom. The Kier molecular flexibility index (Phi) is 5.44. The molecule has 1 heterocycles. The molecule has 0 saturated heterocycles. The van der Waals surface area contributed by atoms with Gasteiger partial charge in [-0.05, 0) is 36.1 Å². The second-order valence-electron chi connectivity index (χ2n) is 7.32. The average Bonchev–Trinajstić information content (AvgIpc) is 3.41. The number of carbonyl (C=O) groups is 1. The monoisotopic (exact) mass is 394 g/mol. The van der Waals surface area contributed by atoms with Gasteiger partial charge in [-0.15, -0.1) is 0 Å². The van der Waals surface area contributed by atoms with Crippen LogP contribution in [0, 0.1) is 0 Å². The minimum atomic E-state index is -0.505. The Balaban J connectivity index is 1.63. The van der Waals surface area contributed by atoms with Gasteiger partial charge in [-0.25, -0.2) is 0 Å². The van der Waals surface area contributed by atoms with Gasteiger partial charge in [-0.2, -0.15) is 15.0 Å². The molecule has 0 aliphatic heterocycles. The zero-order valence-electron chi connectivity index (χ0n) is 15.6. The molecule has 0 bridgehead atoms. The minimum absolute atomic E-state index is 0.0633. The second kappa shape index (κ2) is 8.15. The van der Waals surface area contributed by atoms with E-state index in [1.54, 1.807) is 17.2 Å². The summed E-state index contributed by atoms with van der Waals surface area (Å²) in [5.74, 6) is 0.0633. The number of benzene rings is 2. The highest BCUT2D eigenvalue weighted by atomic mass is 35.5. The van der Waals surface area contributed by atoms with E-state index in [0.717, 1.165) is 36.8 Å². The van der Waals surface area contributed by atoms with Crippen LogP contribution in [0.25, 0.3) is 0 Å². The number of hydrogen-bond acceptors (Lipinski definition) is 3. The summed E-state index contributed by atoms with van der Waals surface area (Å²) in [6.45, 7) is 0.486. The van der Waals surface area contributed by atoms with Crippen LogP contribution in [0.2, 0.25) is 5.02 Å². The number of hydrogen-bond donors (Lipinski definition) is 1. The van der Waals surface area contributed by atoms with E-state index in [4.69, 9.17) is 11.6 Å². The van der Waals surface area contributed by atoms with Gasteiger partial charge in [0.25, 0.3) is 0 Å². The first-order valence-corrected chi connectivity index (χ1v) is 10.0. The van der Waals surface area contributed by atoms with Gasteiger partial charge >= 0.3 is 0 Å². The van der Waals surface area contributed by atoms with Crippen molar-refractivity contribution in [1.29, 1.82) is 0 Å². The lowest BCUT2D eigenvalue weighted by molar-refractivity contribution is -0.127. The van der Waals surface area contributed by atoms with Crippen molar-refractivity contribution in [3.63, 3.8) is 0 Å². The Morgan fingerprint density at radius 2 is 1.68 bits per heavy atom. The molecule has 1 fully saturated rings. The van der Waals surface area contributed by atoms with Gasteiger partial charge in [-0.3, -0.25) is 4.79 Å². The fourth-order valence-corrected chi connectivity index (χ4v) is 4.24. The predicted octanol–water partition coefficient (Wildman–Crippen LogP) is 4.30. The molecule has 0 spiro atoms. The summed E-state index contributed by atoms with van der Waals surface area (Å²) in [6.07, 6.45) is 7.09. The summed E-state index contributed by atoms with van der Waals surface area (Å²) in [6, 6.07) is 17.5. The van der Waals surface area contributed by atoms with Crippen molar-refractivity contribution in [2.24, 2.45) is 0 Å². The Labute approximate surface area is 169 Å². The maximum Gasteiger partial charge on any atom is 0.231 e. The molecule has 1 aliphatic carbocycles. The lowest BCUT2D eigenvalue weighted by Crippen LogP contribution is -2.45. The standard InChI is InChI=1S/C22H23ClN4O/c23-19-10-8-18(9-11-19)22(12-4-5-13-22)21(28)26-20(16-27-24-14-15-25-27)17-6-2-1-3-7-17/h1-3,6-11,14-15,20H,4-5,12-13,16H2,(H,26,28). The van der Waals surface area contributed by atoms with Gasteiger partial charge in [0.15, 0.2) is 0 Å². The van der Waals surface area contributed by atoms with Gasteiger partial charge in [-0.1, -0.05) is 66.9 Å². The smallest absolute Gasteiger partial charge is 0.231 e. The average molecular weight is 395 g/mol. The van der Waals surface area contributed by atoms with Crippen LogP contribution in [0.1, 0.15) is 42.9 Å². The summed E-state index contributed by atoms with van der Waals surface area (Å²) in [5.41, 5.74) is 1.57. The van der Waals surface area contributed by atoms with E-state index in [1.165, 1.54) is 0 Å². The molecule has 2 aromatic carbocycles. The normalized spacial score (nSPS) is 16.6. The number of nitrogens with one attached hydrogen (secondary N) is 1. The van der Waals surface area contributed by atoms with Crippen molar-refractivity contribution in [2.45, 2.75) is 43.7 Å². The van der Waals surface area contributed by atoms with Gasteiger partial charge in [0.1, 0.15) is 0 Å². The molecule has 6 heteroatoms. The van der Waals surface area contributed by atoms with E-state index in [0.29, 0.717) is 11.6 Å². The largest absolute Gasteiger partial charge is 0.347 e. The van der Waals surface area contributed by atoms with Crippen LogP contribution in [0.4, 0.5) is 0 Å². The summed E-state index contributed by atoms with van der Waals surface area (Å²) < 4.78 is 0. The number of carbonyl (C=O) groups excluding carboxylic acids is 1. The van der Waals surface area contributed by atoms with Crippen LogP contribution in [0.3, 0.4) is 0 Å². The van der Waals surface area contributed by atoms with Crippen LogP contribution in [-0.4, -0.2) is 20.9 Å². The van der Waals surface area contributed by atoms with Crippen LogP contribution < -0.4 is 5.32 Å². The highest BCUT2D eigenvalue weighted by Gasteiger charge is 2.43. The summed E-state index contributed by atoms with van der Waals surface area (Å²) >= 11 is 6.07. The molecule has 1 aliphatic rings. The van der Waals surface area contributed by atoms with Crippen molar-refractivity contribution >= 4 is 17.5 Å². The molecule has 4 rings (SSSR count). The summed E-state index contributed by atoms with van der Waals surface area (Å²) in [4.78, 5) is 15.2. The van der Waals surface area contributed by atoms with Crippen molar-refractivity contribution in [2.75, 3.05) is 0 Å². The molecule has 0 radical (unpaired) electrons. The molecule has 1 saturated carbocycles. The number of rotatable bonds is 6. The van der Waals surface area contributed by atoms with Gasteiger partial charge in [0.2, 0.25) is 5.91 Å². The third-order valence-electron chi connectivity index (χ3n) is 5.61. The molecule has 3 aromatic rings. The zero-order valence-corrected chi connectivity index (χ0v) is 16.3. The Hall–Kier alpha value is -2.66. The highest BCUT2D eigenvalue weighted by Crippen LogP contribution is 2.42. The zero-order chi connectivity index (χ0) is 19.4. The van der Waals surface area contributed by atoms with Gasteiger partial charge in [0, 0.05) is 5.02 Å². The van der Waals surface area contributed by atoms with E-state index < -0.39 is 5.41 Å². The van der Waals surface area contributed by atoms with E-state index in [2.05, 4.69) is 15.5 Å². The molecule has 1 unspecified atom stereocenters. The SMILES string of the molecule is O=C(NC(Cn1nccn1)c1ccccc1)C1(c2ccc(Cl)cc2)CCCC1. The second-order valence-corrected chi connectivity index (χ2v) is 7.75. The molecule has 1 aromatic heterocycles. The molecular weight excluding hydrogens is 372 g/mol. The van der Waals surface area contributed by atoms with Crippen LogP contribution in [0.5, 0.6) is 0 Å². The third-order valence-corrected chi connectivity index (χ3v) is 5.86. The first-order chi connectivity index (χ1) is 13.7. The molecule has 1 N–H and O–H groups in total. The minimum Gasteiger partial charge on any atom is -0.347 e. The maximum atomic E-state index is 13.6. The van der Waals surface area contributed by atoms with E-state index in [-0.39, 0.29) is 11.9 Å². The quantitative estimate of drug-likeness (QED) is 0.678. The maximum absolute atomic E-state index is 13.6. The summed E-state index contributed by atoms with van der Waals surface area (Å²) in [7, 11) is 0. The molecule has 144 valence electrons. The fraction of sp³-hybridized carbons (Fsp3) is 0.318.